The first-order chi connectivity index (χ1) is 23.2. The van der Waals surface area contributed by atoms with Gasteiger partial charge in [0.2, 0.25) is 5.28 Å². The zero-order valence-electron chi connectivity index (χ0n) is 28.3. The molecule has 0 bridgehead atoms. The number of halogens is 3. The van der Waals surface area contributed by atoms with Gasteiger partial charge < -0.3 is 34.3 Å². The summed E-state index contributed by atoms with van der Waals surface area (Å²) in [6.45, 7) is 11.7. The maximum absolute atomic E-state index is 13.5. The van der Waals surface area contributed by atoms with E-state index in [-0.39, 0.29) is 41.4 Å². The highest BCUT2D eigenvalue weighted by Crippen LogP contribution is 2.49. The third-order valence-electron chi connectivity index (χ3n) is 8.93. The van der Waals surface area contributed by atoms with Crippen molar-refractivity contribution in [1.82, 2.24) is 29.6 Å². The number of carbonyl (C=O) groups is 1. The van der Waals surface area contributed by atoms with Crippen LogP contribution in [0.5, 0.6) is 0 Å². The van der Waals surface area contributed by atoms with Crippen LogP contribution in [0.1, 0.15) is 59.1 Å². The van der Waals surface area contributed by atoms with Crippen LogP contribution in [0.2, 0.25) is 5.28 Å². The molecule has 2 aliphatic rings. The van der Waals surface area contributed by atoms with E-state index in [2.05, 4.69) is 45.6 Å². The van der Waals surface area contributed by atoms with Crippen LogP contribution in [0.25, 0.3) is 11.0 Å². The van der Waals surface area contributed by atoms with Crippen LogP contribution < -0.4 is 10.6 Å². The molecule has 1 saturated carbocycles. The summed E-state index contributed by atoms with van der Waals surface area (Å²) in [7, 11) is 0. The summed E-state index contributed by atoms with van der Waals surface area (Å²) in [6.07, 6.45) is 6.85. The van der Waals surface area contributed by atoms with Crippen molar-refractivity contribution in [2.45, 2.75) is 83.5 Å². The summed E-state index contributed by atoms with van der Waals surface area (Å²) in [6, 6.07) is 6.26. The van der Waals surface area contributed by atoms with Crippen molar-refractivity contribution in [3.05, 3.63) is 64.0 Å². The average molecular weight is 762 g/mol. The van der Waals surface area contributed by atoms with Gasteiger partial charge in [-0.3, -0.25) is 5.10 Å². The van der Waals surface area contributed by atoms with Crippen molar-refractivity contribution in [1.29, 1.82) is 0 Å². The molecule has 12 nitrogen and oxygen atoms in total. The number of hydrogen-bond acceptors (Lipinski definition) is 9. The summed E-state index contributed by atoms with van der Waals surface area (Å²) >= 11 is 9.90. The Hall–Kier alpha value is -3.46. The second-order valence-corrected chi connectivity index (χ2v) is 15.4. The number of nitrogen functional groups attached to an aromatic ring is 1. The van der Waals surface area contributed by atoms with Crippen molar-refractivity contribution in [3.63, 3.8) is 0 Å². The third kappa shape index (κ3) is 8.13. The lowest BCUT2D eigenvalue weighted by atomic mass is 10.0. The second-order valence-electron chi connectivity index (χ2n) is 14.2. The van der Waals surface area contributed by atoms with Crippen LogP contribution in [0.3, 0.4) is 0 Å². The summed E-state index contributed by atoms with van der Waals surface area (Å²) in [5.41, 5.74) is 8.13. The Morgan fingerprint density at radius 3 is 2.61 bits per heavy atom. The molecule has 4 heterocycles. The highest BCUT2D eigenvalue weighted by molar-refractivity contribution is 9.10. The van der Waals surface area contributed by atoms with Crippen LogP contribution in [0.15, 0.2) is 47.3 Å². The summed E-state index contributed by atoms with van der Waals surface area (Å²) in [5, 5.41) is 7.95. The molecule has 4 atom stereocenters. The Kier molecular flexibility index (Phi) is 10.1. The molecule has 1 aliphatic carbocycles. The Balaban J connectivity index is 1.20. The lowest BCUT2D eigenvalue weighted by Gasteiger charge is -2.31. The van der Waals surface area contributed by atoms with E-state index in [9.17, 15) is 9.18 Å². The fourth-order valence-electron chi connectivity index (χ4n) is 6.88. The van der Waals surface area contributed by atoms with Crippen molar-refractivity contribution in [2.75, 3.05) is 36.8 Å². The first-order valence-corrected chi connectivity index (χ1v) is 17.7. The van der Waals surface area contributed by atoms with Crippen LogP contribution in [0.4, 0.5) is 20.7 Å². The van der Waals surface area contributed by atoms with E-state index >= 15 is 0 Å². The van der Waals surface area contributed by atoms with E-state index in [1.165, 1.54) is 12.1 Å². The number of ether oxygens (including phenoxy) is 3. The van der Waals surface area contributed by atoms with Gasteiger partial charge in [0.1, 0.15) is 29.0 Å². The van der Waals surface area contributed by atoms with Gasteiger partial charge in [-0.2, -0.15) is 10.1 Å². The standard InChI is InChI=1S/C34H43BrClFN8O4/c1-33(2,3)49-32(46)43(14-11-20-7-9-22(37)10-8-20)12-6-13-44(23-16-39-40-17-23)18-21-15-25(28-27(21)47-34(4,5)48-28)45-19-24(35)26-29(38)41-31(36)42-30(26)45/h7-10,16-17,19,21,25,27-28H,6,11-15,18H2,1-5H3,(H,39,40)(H2,38,41,42)/t21-,25-,27-,28+/m1/s1. The average Bonchev–Trinajstić information content (AvgIpc) is 3.78. The van der Waals surface area contributed by atoms with Gasteiger partial charge in [-0.1, -0.05) is 12.1 Å². The van der Waals surface area contributed by atoms with Gasteiger partial charge >= 0.3 is 6.09 Å². The molecule has 2 fully saturated rings. The van der Waals surface area contributed by atoms with E-state index < -0.39 is 11.4 Å². The molecule has 0 radical (unpaired) electrons. The van der Waals surface area contributed by atoms with E-state index in [1.54, 1.807) is 23.2 Å². The number of aromatic nitrogens is 5. The molecule has 1 amide bonds. The SMILES string of the molecule is CC(C)(C)OC(=O)N(CCCN(C[C@H]1C[C@@H](n2cc(Br)c3c(N)nc(Cl)nc32)[C@@H]2OC(C)(C)O[C@H]12)c1cn[nH]c1)CCc1ccc(F)cc1. The number of fused-ring (bicyclic) bond motifs is 2. The number of nitrogens with one attached hydrogen (secondary N) is 1. The minimum atomic E-state index is -0.767. The number of H-pyrrole nitrogens is 1. The fourth-order valence-corrected chi connectivity index (χ4v) is 7.65. The second kappa shape index (κ2) is 14.0. The minimum absolute atomic E-state index is 0.0797. The topological polar surface area (TPSA) is 137 Å². The summed E-state index contributed by atoms with van der Waals surface area (Å²) in [4.78, 5) is 26.0. The molecule has 49 heavy (non-hydrogen) atoms. The Morgan fingerprint density at radius 2 is 1.92 bits per heavy atom. The van der Waals surface area contributed by atoms with Crippen LogP contribution in [-0.4, -0.2) is 85.5 Å². The third-order valence-corrected chi connectivity index (χ3v) is 9.70. The van der Waals surface area contributed by atoms with Gasteiger partial charge in [0, 0.05) is 49.0 Å². The predicted molar refractivity (Wildman–Crippen MR) is 189 cm³/mol. The molecule has 3 aromatic heterocycles. The lowest BCUT2D eigenvalue weighted by Crippen LogP contribution is -2.40. The number of benzene rings is 1. The van der Waals surface area contributed by atoms with Crippen LogP contribution in [0, 0.1) is 11.7 Å². The van der Waals surface area contributed by atoms with Gasteiger partial charge in [-0.25, -0.2) is 14.2 Å². The Bertz CT molecular complexity index is 1760. The Labute approximate surface area is 298 Å². The largest absolute Gasteiger partial charge is 0.444 e. The molecule has 0 unspecified atom stereocenters. The molecule has 0 spiro atoms. The first-order valence-electron chi connectivity index (χ1n) is 16.5. The highest BCUT2D eigenvalue weighted by atomic mass is 79.9. The van der Waals surface area contributed by atoms with E-state index in [1.807, 2.05) is 47.0 Å². The maximum Gasteiger partial charge on any atom is 0.410 e. The van der Waals surface area contributed by atoms with E-state index in [0.29, 0.717) is 55.9 Å². The number of anilines is 2. The number of nitrogens with two attached hydrogens (primary N) is 1. The smallest absolute Gasteiger partial charge is 0.410 e. The molecule has 4 aromatic rings. The fraction of sp³-hybridized carbons (Fsp3) is 0.529. The first kappa shape index (κ1) is 35.4. The summed E-state index contributed by atoms with van der Waals surface area (Å²) < 4.78 is 35.2. The number of carbonyl (C=O) groups excluding carboxylic acids is 1. The van der Waals surface area contributed by atoms with E-state index in [4.69, 9.17) is 31.5 Å². The quantitative estimate of drug-likeness (QED) is 0.159. The molecular weight excluding hydrogens is 719 g/mol. The van der Waals surface area contributed by atoms with Gasteiger partial charge in [-0.05, 0) is 99.1 Å². The summed E-state index contributed by atoms with van der Waals surface area (Å²) in [5.74, 6) is -0.669. The molecule has 1 aromatic carbocycles. The van der Waals surface area contributed by atoms with E-state index in [0.717, 1.165) is 22.1 Å². The number of rotatable bonds is 11. The normalized spacial score (nSPS) is 21.6. The molecule has 6 rings (SSSR count). The molecule has 1 saturated heterocycles. The zero-order valence-corrected chi connectivity index (χ0v) is 30.7. The zero-order chi connectivity index (χ0) is 35.1. The molecular formula is C34H43BrClFN8O4. The maximum atomic E-state index is 13.5. The van der Waals surface area contributed by atoms with Gasteiger partial charge in [0.15, 0.2) is 5.79 Å². The van der Waals surface area contributed by atoms with Gasteiger partial charge in [0.05, 0.1) is 29.4 Å². The predicted octanol–water partition coefficient (Wildman–Crippen LogP) is 6.75. The Morgan fingerprint density at radius 1 is 1.18 bits per heavy atom. The van der Waals surface area contributed by atoms with Crippen molar-refractivity contribution in [3.8, 4) is 0 Å². The number of hydrogen-bond donors (Lipinski definition) is 2. The number of amides is 1. The number of nitrogens with zero attached hydrogens (tertiary/aromatic N) is 6. The number of aromatic amines is 1. The van der Waals surface area contributed by atoms with Crippen molar-refractivity contribution in [2.24, 2.45) is 5.92 Å². The minimum Gasteiger partial charge on any atom is -0.444 e. The molecule has 15 heteroatoms. The lowest BCUT2D eigenvalue weighted by molar-refractivity contribution is -0.159. The molecule has 264 valence electrons. The van der Waals surface area contributed by atoms with Crippen molar-refractivity contribution < 1.29 is 23.4 Å². The van der Waals surface area contributed by atoms with Crippen molar-refractivity contribution >= 4 is 56.2 Å². The van der Waals surface area contributed by atoms with Gasteiger partial charge in [-0.15, -0.1) is 0 Å². The molecule has 1 aliphatic heterocycles. The monoisotopic (exact) mass is 760 g/mol. The molecule has 3 N–H and O–H groups in total. The van der Waals surface area contributed by atoms with Gasteiger partial charge in [0.25, 0.3) is 0 Å². The van der Waals surface area contributed by atoms with Crippen LogP contribution >= 0.6 is 27.5 Å². The highest BCUT2D eigenvalue weighted by Gasteiger charge is 2.55. The van der Waals surface area contributed by atoms with Crippen LogP contribution in [-0.2, 0) is 20.6 Å².